The average Bonchev–Trinajstić information content (AvgIpc) is 3.27. The SMILES string of the molecule is COc1ccccc1-c1csc2nc(CN(CC(C)C)C[C@H](O)COc3ccccc3)[nH]c(=O)c12. The first-order valence-electron chi connectivity index (χ1n) is 11.7. The Morgan fingerprint density at radius 3 is 2.54 bits per heavy atom. The van der Waals surface area contributed by atoms with E-state index in [4.69, 9.17) is 14.5 Å². The van der Waals surface area contributed by atoms with Crippen LogP contribution in [0.2, 0.25) is 0 Å². The molecule has 0 fully saturated rings. The molecule has 4 aromatic rings. The van der Waals surface area contributed by atoms with Gasteiger partial charge in [0, 0.05) is 29.6 Å². The Bertz CT molecular complexity index is 1300. The van der Waals surface area contributed by atoms with Gasteiger partial charge in [0.2, 0.25) is 0 Å². The van der Waals surface area contributed by atoms with Gasteiger partial charge in [0.05, 0.1) is 19.0 Å². The Kier molecular flexibility index (Phi) is 8.17. The lowest BCUT2D eigenvalue weighted by atomic mass is 10.1. The lowest BCUT2D eigenvalue weighted by Gasteiger charge is -2.26. The fraction of sp³-hybridized carbons (Fsp3) is 0.333. The maximum Gasteiger partial charge on any atom is 0.260 e. The summed E-state index contributed by atoms with van der Waals surface area (Å²) in [5.41, 5.74) is 1.50. The third-order valence-corrected chi connectivity index (χ3v) is 6.41. The zero-order valence-corrected chi connectivity index (χ0v) is 21.0. The quantitative estimate of drug-likeness (QED) is 0.319. The molecular weight excluding hydrogens is 462 g/mol. The maximum absolute atomic E-state index is 13.1. The fourth-order valence-corrected chi connectivity index (χ4v) is 5.08. The zero-order chi connectivity index (χ0) is 24.8. The van der Waals surface area contributed by atoms with Gasteiger partial charge in [-0.25, -0.2) is 4.98 Å². The summed E-state index contributed by atoms with van der Waals surface area (Å²) in [6.45, 7) is 6.02. The van der Waals surface area contributed by atoms with Crippen LogP contribution in [0, 0.1) is 5.92 Å². The highest BCUT2D eigenvalue weighted by atomic mass is 32.1. The number of nitrogens with zero attached hydrogens (tertiary/aromatic N) is 2. The van der Waals surface area contributed by atoms with Gasteiger partial charge >= 0.3 is 0 Å². The van der Waals surface area contributed by atoms with Crippen LogP contribution in [0.1, 0.15) is 19.7 Å². The number of aliphatic hydroxyl groups excluding tert-OH is 1. The number of ether oxygens (including phenoxy) is 2. The summed E-state index contributed by atoms with van der Waals surface area (Å²) >= 11 is 1.44. The van der Waals surface area contributed by atoms with Crippen LogP contribution >= 0.6 is 11.3 Å². The number of para-hydroxylation sites is 2. The first-order valence-corrected chi connectivity index (χ1v) is 12.5. The van der Waals surface area contributed by atoms with Gasteiger partial charge in [0.1, 0.15) is 34.9 Å². The smallest absolute Gasteiger partial charge is 0.260 e. The van der Waals surface area contributed by atoms with Crippen LogP contribution in [0.3, 0.4) is 0 Å². The summed E-state index contributed by atoms with van der Waals surface area (Å²) in [7, 11) is 1.62. The van der Waals surface area contributed by atoms with Crippen molar-refractivity contribution in [3.63, 3.8) is 0 Å². The third kappa shape index (κ3) is 6.28. The molecule has 0 aliphatic heterocycles. The van der Waals surface area contributed by atoms with Crippen molar-refractivity contribution in [2.75, 3.05) is 26.8 Å². The molecule has 7 nitrogen and oxygen atoms in total. The molecule has 0 spiro atoms. The van der Waals surface area contributed by atoms with Crippen LogP contribution in [-0.4, -0.2) is 52.9 Å². The van der Waals surface area contributed by atoms with E-state index in [1.165, 1.54) is 11.3 Å². The number of aliphatic hydroxyl groups is 1. The Labute approximate surface area is 209 Å². The molecule has 4 rings (SSSR count). The predicted molar refractivity (Wildman–Crippen MR) is 140 cm³/mol. The number of hydrogen-bond donors (Lipinski definition) is 2. The molecule has 0 unspecified atom stereocenters. The van der Waals surface area contributed by atoms with E-state index in [0.29, 0.717) is 40.8 Å². The minimum absolute atomic E-state index is 0.176. The van der Waals surface area contributed by atoms with Gasteiger partial charge in [-0.05, 0) is 24.1 Å². The van der Waals surface area contributed by atoms with E-state index in [1.807, 2.05) is 60.0 Å². The van der Waals surface area contributed by atoms with Gasteiger partial charge in [-0.2, -0.15) is 0 Å². The molecule has 0 bridgehead atoms. The summed E-state index contributed by atoms with van der Waals surface area (Å²) in [6, 6.07) is 17.1. The number of aromatic amines is 1. The Morgan fingerprint density at radius 1 is 1.06 bits per heavy atom. The van der Waals surface area contributed by atoms with E-state index < -0.39 is 6.10 Å². The molecule has 2 aromatic carbocycles. The van der Waals surface area contributed by atoms with Crippen molar-refractivity contribution in [3.8, 4) is 22.6 Å². The minimum Gasteiger partial charge on any atom is -0.496 e. The van der Waals surface area contributed by atoms with E-state index in [9.17, 15) is 9.90 Å². The van der Waals surface area contributed by atoms with E-state index in [0.717, 1.165) is 23.4 Å². The second-order valence-electron chi connectivity index (χ2n) is 8.91. The number of benzene rings is 2. The van der Waals surface area contributed by atoms with E-state index in [-0.39, 0.29) is 12.2 Å². The van der Waals surface area contributed by atoms with Gasteiger partial charge in [0.15, 0.2) is 0 Å². The van der Waals surface area contributed by atoms with Crippen LogP contribution in [-0.2, 0) is 6.54 Å². The van der Waals surface area contributed by atoms with Crippen LogP contribution in [0.4, 0.5) is 0 Å². The molecule has 0 radical (unpaired) electrons. The normalized spacial score (nSPS) is 12.4. The zero-order valence-electron chi connectivity index (χ0n) is 20.2. The fourth-order valence-electron chi connectivity index (χ4n) is 4.13. The first kappa shape index (κ1) is 24.9. The second-order valence-corrected chi connectivity index (χ2v) is 9.77. The van der Waals surface area contributed by atoms with Crippen LogP contribution in [0.15, 0.2) is 64.8 Å². The van der Waals surface area contributed by atoms with E-state index in [2.05, 4.69) is 23.7 Å². The minimum atomic E-state index is -0.678. The Hall–Kier alpha value is -3.20. The molecule has 0 amide bonds. The van der Waals surface area contributed by atoms with Gasteiger partial charge in [0.25, 0.3) is 5.56 Å². The number of fused-ring (bicyclic) bond motifs is 1. The molecule has 184 valence electrons. The molecule has 2 N–H and O–H groups in total. The van der Waals surface area contributed by atoms with Crippen molar-refractivity contribution in [1.82, 2.24) is 14.9 Å². The number of H-pyrrole nitrogens is 1. The number of methoxy groups -OCH3 is 1. The molecule has 2 aromatic heterocycles. The Morgan fingerprint density at radius 2 is 1.80 bits per heavy atom. The monoisotopic (exact) mass is 493 g/mol. The van der Waals surface area contributed by atoms with Gasteiger partial charge in [-0.1, -0.05) is 50.2 Å². The number of nitrogens with one attached hydrogen (secondary N) is 1. The predicted octanol–water partition coefficient (Wildman–Crippen LogP) is 4.56. The van der Waals surface area contributed by atoms with Gasteiger partial charge in [-0.3, -0.25) is 9.69 Å². The van der Waals surface area contributed by atoms with E-state index >= 15 is 0 Å². The molecule has 1 atom stereocenters. The molecular formula is C27H31N3O4S. The lowest BCUT2D eigenvalue weighted by molar-refractivity contribution is 0.0606. The highest BCUT2D eigenvalue weighted by Gasteiger charge is 2.19. The summed E-state index contributed by atoms with van der Waals surface area (Å²) in [4.78, 5) is 23.6. The van der Waals surface area contributed by atoms with Crippen LogP contribution in [0.25, 0.3) is 21.3 Å². The molecule has 2 heterocycles. The molecule has 0 saturated heterocycles. The van der Waals surface area contributed by atoms with Gasteiger partial charge in [-0.15, -0.1) is 11.3 Å². The second kappa shape index (κ2) is 11.5. The van der Waals surface area contributed by atoms with Crippen molar-refractivity contribution >= 4 is 21.6 Å². The average molecular weight is 494 g/mol. The molecule has 35 heavy (non-hydrogen) atoms. The summed E-state index contributed by atoms with van der Waals surface area (Å²) < 4.78 is 11.2. The van der Waals surface area contributed by atoms with Crippen molar-refractivity contribution in [2.24, 2.45) is 5.92 Å². The van der Waals surface area contributed by atoms with Gasteiger partial charge < -0.3 is 19.6 Å². The number of rotatable bonds is 11. The van der Waals surface area contributed by atoms with Crippen LogP contribution < -0.4 is 15.0 Å². The van der Waals surface area contributed by atoms with Crippen molar-refractivity contribution in [3.05, 3.63) is 76.2 Å². The highest BCUT2D eigenvalue weighted by molar-refractivity contribution is 7.17. The molecule has 0 aliphatic rings. The van der Waals surface area contributed by atoms with E-state index in [1.54, 1.807) is 7.11 Å². The molecule has 0 aliphatic carbocycles. The topological polar surface area (TPSA) is 87.7 Å². The van der Waals surface area contributed by atoms with Crippen molar-refractivity contribution < 1.29 is 14.6 Å². The number of aromatic nitrogens is 2. The maximum atomic E-state index is 13.1. The first-order chi connectivity index (χ1) is 16.9. The lowest BCUT2D eigenvalue weighted by Crippen LogP contribution is -2.38. The molecule has 8 heteroatoms. The Balaban J connectivity index is 1.52. The van der Waals surface area contributed by atoms with Crippen molar-refractivity contribution in [1.29, 1.82) is 0 Å². The van der Waals surface area contributed by atoms with Crippen LogP contribution in [0.5, 0.6) is 11.5 Å². The highest BCUT2D eigenvalue weighted by Crippen LogP contribution is 2.36. The number of hydrogen-bond acceptors (Lipinski definition) is 7. The van der Waals surface area contributed by atoms with Crippen molar-refractivity contribution in [2.45, 2.75) is 26.5 Å². The third-order valence-electron chi connectivity index (χ3n) is 5.54. The number of thiophene rings is 1. The standard InChI is InChI=1S/C27H31N3O4S/c1-18(2)13-30(14-19(31)16-34-20-9-5-4-6-10-20)15-24-28-26(32)25-22(17-35-27(25)29-24)21-11-7-8-12-23(21)33-3/h4-12,17-19,31H,13-16H2,1-3H3,(H,28,29,32)/t19-/m0/s1. The largest absolute Gasteiger partial charge is 0.496 e. The molecule has 0 saturated carbocycles. The summed E-state index contributed by atoms with van der Waals surface area (Å²) in [6.07, 6.45) is -0.678. The summed E-state index contributed by atoms with van der Waals surface area (Å²) in [5, 5.41) is 13.1. The summed E-state index contributed by atoms with van der Waals surface area (Å²) in [5.74, 6) is 2.40.